The van der Waals surface area contributed by atoms with Crippen LogP contribution in [-0.4, -0.2) is 18.6 Å². The molecule has 0 bridgehead atoms. The Morgan fingerprint density at radius 3 is 2.29 bits per heavy atom. The highest BCUT2D eigenvalue weighted by Gasteiger charge is 2.09. The number of halogens is 4. The van der Waals surface area contributed by atoms with Crippen LogP contribution in [0.25, 0.3) is 0 Å². The Kier molecular flexibility index (Phi) is 5.03. The smallest absolute Gasteiger partial charge is 0.387 e. The molecule has 21 heavy (non-hydrogen) atoms. The zero-order valence-corrected chi connectivity index (χ0v) is 12.3. The third kappa shape index (κ3) is 4.09. The Balaban J connectivity index is 2.18. The predicted molar refractivity (Wildman–Crippen MR) is 80.2 cm³/mol. The molecule has 0 amide bonds. The number of alkyl halides is 2. The first-order valence-electron chi connectivity index (χ1n) is 5.85. The van der Waals surface area contributed by atoms with Gasteiger partial charge >= 0.3 is 6.61 Å². The molecule has 0 radical (unpaired) electrons. The van der Waals surface area contributed by atoms with Crippen LogP contribution in [-0.2, 0) is 0 Å². The fourth-order valence-electron chi connectivity index (χ4n) is 1.59. The van der Waals surface area contributed by atoms with Crippen LogP contribution in [0.3, 0.4) is 0 Å². The monoisotopic (exact) mass is 333 g/mol. The summed E-state index contributed by atoms with van der Waals surface area (Å²) in [6.45, 7) is -2.85. The zero-order chi connectivity index (χ0) is 15.4. The van der Waals surface area contributed by atoms with Crippen LogP contribution in [0.4, 0.5) is 26.1 Å². The lowest BCUT2D eigenvalue weighted by Gasteiger charge is -2.11. The molecule has 1 aromatic carbocycles. The van der Waals surface area contributed by atoms with Crippen LogP contribution in [0.1, 0.15) is 0 Å². The van der Waals surface area contributed by atoms with Crippen molar-refractivity contribution in [3.63, 3.8) is 0 Å². The van der Waals surface area contributed by atoms with E-state index in [1.165, 1.54) is 12.1 Å². The van der Waals surface area contributed by atoms with Crippen LogP contribution in [0.2, 0.25) is 10.0 Å². The summed E-state index contributed by atoms with van der Waals surface area (Å²) in [7, 11) is 1.68. The average Bonchev–Trinajstić information content (AvgIpc) is 2.43. The fraction of sp³-hybridized carbons (Fsp3) is 0.154. The van der Waals surface area contributed by atoms with Crippen molar-refractivity contribution in [1.82, 2.24) is 4.98 Å². The lowest BCUT2D eigenvalue weighted by molar-refractivity contribution is -0.0498. The summed E-state index contributed by atoms with van der Waals surface area (Å²) >= 11 is 12.0. The minimum absolute atomic E-state index is 0.0710. The number of ether oxygens (including phenoxy) is 1. The van der Waals surface area contributed by atoms with Crippen LogP contribution in [0.15, 0.2) is 30.3 Å². The SMILES string of the molecule is CNc1nc(Nc2ccc(OC(F)F)cc2)c(Cl)cc1Cl. The molecule has 2 rings (SSSR count). The lowest BCUT2D eigenvalue weighted by atomic mass is 10.3. The van der Waals surface area contributed by atoms with Gasteiger partial charge in [-0.25, -0.2) is 4.98 Å². The van der Waals surface area contributed by atoms with E-state index in [0.717, 1.165) is 0 Å². The van der Waals surface area contributed by atoms with Crippen molar-refractivity contribution < 1.29 is 13.5 Å². The van der Waals surface area contributed by atoms with Gasteiger partial charge in [-0.05, 0) is 30.3 Å². The fourth-order valence-corrected chi connectivity index (χ4v) is 2.09. The molecular formula is C13H11Cl2F2N3O. The molecular weight excluding hydrogens is 323 g/mol. The standard InChI is InChI=1S/C13H11Cl2F2N3O/c1-18-11-9(14)6-10(15)12(20-11)19-7-2-4-8(5-3-7)21-13(16)17/h2-6,13H,1H3,(H2,18,19,20). The van der Waals surface area contributed by atoms with Gasteiger partial charge in [0.15, 0.2) is 5.82 Å². The van der Waals surface area contributed by atoms with Gasteiger partial charge in [0.2, 0.25) is 0 Å². The first kappa shape index (κ1) is 15.6. The minimum Gasteiger partial charge on any atom is -0.435 e. The molecule has 0 aliphatic heterocycles. The number of hydrogen-bond acceptors (Lipinski definition) is 4. The Hall–Kier alpha value is -1.79. The van der Waals surface area contributed by atoms with E-state index in [9.17, 15) is 8.78 Å². The first-order valence-corrected chi connectivity index (χ1v) is 6.61. The highest BCUT2D eigenvalue weighted by molar-refractivity contribution is 6.37. The maximum absolute atomic E-state index is 12.1. The summed E-state index contributed by atoms with van der Waals surface area (Å²) in [4.78, 5) is 4.22. The van der Waals surface area contributed by atoms with Crippen LogP contribution in [0.5, 0.6) is 5.75 Å². The van der Waals surface area contributed by atoms with E-state index in [1.54, 1.807) is 25.2 Å². The molecule has 8 heteroatoms. The summed E-state index contributed by atoms with van der Waals surface area (Å²) in [5, 5.41) is 6.54. The molecule has 4 nitrogen and oxygen atoms in total. The number of hydrogen-bond donors (Lipinski definition) is 2. The van der Waals surface area contributed by atoms with Gasteiger partial charge in [-0.15, -0.1) is 0 Å². The van der Waals surface area contributed by atoms with Crippen molar-refractivity contribution in [2.24, 2.45) is 0 Å². The second-order valence-electron chi connectivity index (χ2n) is 3.93. The molecule has 0 aliphatic carbocycles. The Morgan fingerprint density at radius 2 is 1.71 bits per heavy atom. The van der Waals surface area contributed by atoms with Crippen molar-refractivity contribution in [3.8, 4) is 5.75 Å². The molecule has 0 saturated heterocycles. The second-order valence-corrected chi connectivity index (χ2v) is 4.74. The Labute approximate surface area is 130 Å². The topological polar surface area (TPSA) is 46.2 Å². The van der Waals surface area contributed by atoms with Gasteiger partial charge in [0.1, 0.15) is 11.6 Å². The van der Waals surface area contributed by atoms with Crippen LogP contribution >= 0.6 is 23.2 Å². The van der Waals surface area contributed by atoms with E-state index >= 15 is 0 Å². The van der Waals surface area contributed by atoms with Gasteiger partial charge < -0.3 is 15.4 Å². The van der Waals surface area contributed by atoms with E-state index in [1.807, 2.05) is 0 Å². The number of pyridine rings is 1. The first-order chi connectivity index (χ1) is 9.99. The number of benzene rings is 1. The van der Waals surface area contributed by atoms with Gasteiger partial charge in [0.05, 0.1) is 10.0 Å². The molecule has 1 aromatic heterocycles. The molecule has 0 aliphatic rings. The summed E-state index contributed by atoms with van der Waals surface area (Å²) < 4.78 is 28.4. The van der Waals surface area contributed by atoms with Gasteiger partial charge in [-0.1, -0.05) is 23.2 Å². The average molecular weight is 334 g/mol. The van der Waals surface area contributed by atoms with Gasteiger partial charge in [-0.3, -0.25) is 0 Å². The highest BCUT2D eigenvalue weighted by atomic mass is 35.5. The van der Waals surface area contributed by atoms with E-state index < -0.39 is 6.61 Å². The zero-order valence-electron chi connectivity index (χ0n) is 10.8. The predicted octanol–water partition coefficient (Wildman–Crippen LogP) is 4.78. The third-order valence-electron chi connectivity index (χ3n) is 2.51. The Bertz CT molecular complexity index is 624. The van der Waals surface area contributed by atoms with Crippen molar-refractivity contribution in [2.45, 2.75) is 6.61 Å². The summed E-state index contributed by atoms with van der Waals surface area (Å²) in [5.41, 5.74) is 0.621. The molecule has 2 N–H and O–H groups in total. The number of nitrogens with zero attached hydrogens (tertiary/aromatic N) is 1. The van der Waals surface area contributed by atoms with Crippen LogP contribution < -0.4 is 15.4 Å². The number of nitrogens with one attached hydrogen (secondary N) is 2. The van der Waals surface area contributed by atoms with Gasteiger partial charge in [0.25, 0.3) is 0 Å². The molecule has 1 heterocycles. The molecule has 112 valence electrons. The highest BCUT2D eigenvalue weighted by Crippen LogP contribution is 2.31. The summed E-state index contributed by atoms with van der Waals surface area (Å²) in [6.07, 6.45) is 0. The largest absolute Gasteiger partial charge is 0.435 e. The van der Waals surface area contributed by atoms with Gasteiger partial charge in [-0.2, -0.15) is 8.78 Å². The van der Waals surface area contributed by atoms with Crippen molar-refractivity contribution in [1.29, 1.82) is 0 Å². The molecule has 2 aromatic rings. The molecule has 0 unspecified atom stereocenters. The maximum Gasteiger partial charge on any atom is 0.387 e. The Morgan fingerprint density at radius 1 is 1.10 bits per heavy atom. The normalized spacial score (nSPS) is 10.6. The van der Waals surface area contributed by atoms with Crippen molar-refractivity contribution in [3.05, 3.63) is 40.4 Å². The second kappa shape index (κ2) is 6.78. The third-order valence-corrected chi connectivity index (χ3v) is 3.08. The number of rotatable bonds is 5. The molecule has 0 fully saturated rings. The molecule has 0 spiro atoms. The lowest BCUT2D eigenvalue weighted by Crippen LogP contribution is -2.02. The summed E-state index contributed by atoms with van der Waals surface area (Å²) in [5.74, 6) is 0.941. The quantitative estimate of drug-likeness (QED) is 0.826. The molecule has 0 saturated carbocycles. The maximum atomic E-state index is 12.1. The molecule has 0 atom stereocenters. The van der Waals surface area contributed by atoms with Crippen molar-refractivity contribution >= 4 is 40.5 Å². The minimum atomic E-state index is -2.85. The van der Waals surface area contributed by atoms with E-state index in [0.29, 0.717) is 27.4 Å². The van der Waals surface area contributed by atoms with E-state index in [2.05, 4.69) is 20.4 Å². The van der Waals surface area contributed by atoms with Gasteiger partial charge in [0, 0.05) is 12.7 Å². The van der Waals surface area contributed by atoms with Crippen molar-refractivity contribution in [2.75, 3.05) is 17.7 Å². The summed E-state index contributed by atoms with van der Waals surface area (Å²) in [6, 6.07) is 7.53. The number of aromatic nitrogens is 1. The number of anilines is 3. The van der Waals surface area contributed by atoms with Crippen LogP contribution in [0, 0.1) is 0 Å². The van der Waals surface area contributed by atoms with E-state index in [4.69, 9.17) is 23.2 Å². The van der Waals surface area contributed by atoms with E-state index in [-0.39, 0.29) is 5.75 Å².